The molecule has 0 aliphatic heterocycles. The smallest absolute Gasteiger partial charge is 0.262 e. The fourth-order valence-electron chi connectivity index (χ4n) is 2.28. The van der Waals surface area contributed by atoms with Crippen LogP contribution in [0.3, 0.4) is 0 Å². The zero-order valence-electron chi connectivity index (χ0n) is 13.9. The van der Waals surface area contributed by atoms with E-state index in [2.05, 4.69) is 5.32 Å². The molecule has 0 saturated heterocycles. The van der Waals surface area contributed by atoms with Gasteiger partial charge in [0.1, 0.15) is 11.5 Å². The second-order valence-corrected chi connectivity index (χ2v) is 5.33. The number of ether oxygens (including phenoxy) is 2. The Morgan fingerprint density at radius 3 is 2.38 bits per heavy atom. The average Bonchev–Trinajstić information content (AvgIpc) is 2.56. The van der Waals surface area contributed by atoms with Crippen molar-refractivity contribution in [1.82, 2.24) is 0 Å². The average molecular weight is 328 g/mol. The minimum Gasteiger partial charge on any atom is -0.497 e. The number of carbonyl (C=O) groups excluding carboxylic acids is 2. The van der Waals surface area contributed by atoms with E-state index in [1.54, 1.807) is 6.07 Å². The van der Waals surface area contributed by atoms with E-state index in [0.717, 1.165) is 16.8 Å². The van der Waals surface area contributed by atoms with Gasteiger partial charge in [-0.2, -0.15) is 0 Å². The Morgan fingerprint density at radius 2 is 1.79 bits per heavy atom. The highest BCUT2D eigenvalue weighted by atomic mass is 16.5. The fraction of sp³-hybridized carbons (Fsp3) is 0.222. The second kappa shape index (κ2) is 7.50. The van der Waals surface area contributed by atoms with Crippen LogP contribution in [0.1, 0.15) is 21.5 Å². The summed E-state index contributed by atoms with van der Waals surface area (Å²) in [6, 6.07) is 10.4. The minimum atomic E-state index is -0.636. The number of para-hydroxylation sites is 1. The van der Waals surface area contributed by atoms with Gasteiger partial charge in [0.05, 0.1) is 12.7 Å². The number of aryl methyl sites for hydroxylation is 2. The third-order valence-corrected chi connectivity index (χ3v) is 3.56. The van der Waals surface area contributed by atoms with Gasteiger partial charge < -0.3 is 20.5 Å². The summed E-state index contributed by atoms with van der Waals surface area (Å²) in [6.45, 7) is 3.58. The quantitative estimate of drug-likeness (QED) is 0.852. The van der Waals surface area contributed by atoms with Gasteiger partial charge in [-0.25, -0.2) is 0 Å². The van der Waals surface area contributed by atoms with Crippen molar-refractivity contribution in [3.8, 4) is 11.5 Å². The number of hydrogen-bond donors (Lipinski definition) is 2. The summed E-state index contributed by atoms with van der Waals surface area (Å²) in [5.74, 6) is -0.253. The lowest BCUT2D eigenvalue weighted by atomic mass is 10.1. The van der Waals surface area contributed by atoms with E-state index in [1.165, 1.54) is 19.2 Å². The summed E-state index contributed by atoms with van der Waals surface area (Å²) in [4.78, 5) is 23.6. The monoisotopic (exact) mass is 328 g/mol. The highest BCUT2D eigenvalue weighted by Crippen LogP contribution is 2.25. The standard InChI is InChI=1S/C18H20N2O4/c1-11-5-4-6-12(2)17(11)20-16(21)10-24-15-9-13(23-3)7-8-14(15)18(19)22/h4-9H,10H2,1-3H3,(H2,19,22)(H,20,21). The number of nitrogens with two attached hydrogens (primary N) is 1. The molecule has 126 valence electrons. The largest absolute Gasteiger partial charge is 0.497 e. The van der Waals surface area contributed by atoms with E-state index in [0.29, 0.717) is 5.75 Å². The Hall–Kier alpha value is -3.02. The van der Waals surface area contributed by atoms with Crippen molar-refractivity contribution in [1.29, 1.82) is 0 Å². The molecule has 2 rings (SSSR count). The van der Waals surface area contributed by atoms with Crippen LogP contribution >= 0.6 is 0 Å². The molecule has 2 aromatic carbocycles. The number of nitrogens with one attached hydrogen (secondary N) is 1. The number of amides is 2. The van der Waals surface area contributed by atoms with Gasteiger partial charge in [0.25, 0.3) is 11.8 Å². The van der Waals surface area contributed by atoms with Gasteiger partial charge in [0.2, 0.25) is 0 Å². The van der Waals surface area contributed by atoms with Crippen molar-refractivity contribution < 1.29 is 19.1 Å². The lowest BCUT2D eigenvalue weighted by Gasteiger charge is -2.13. The van der Waals surface area contributed by atoms with Gasteiger partial charge in [-0.3, -0.25) is 9.59 Å². The molecule has 3 N–H and O–H groups in total. The number of benzene rings is 2. The lowest BCUT2D eigenvalue weighted by molar-refractivity contribution is -0.118. The molecule has 0 bridgehead atoms. The van der Waals surface area contributed by atoms with Gasteiger partial charge >= 0.3 is 0 Å². The topological polar surface area (TPSA) is 90.7 Å². The molecule has 0 unspecified atom stereocenters. The molecule has 0 atom stereocenters. The van der Waals surface area contributed by atoms with Crippen molar-refractivity contribution >= 4 is 17.5 Å². The summed E-state index contributed by atoms with van der Waals surface area (Å²) in [5.41, 5.74) is 8.18. The Bertz CT molecular complexity index is 751. The minimum absolute atomic E-state index is 0.190. The first kappa shape index (κ1) is 17.3. The molecule has 2 aromatic rings. The maximum atomic E-state index is 12.1. The van der Waals surface area contributed by atoms with Crippen LogP contribution in [0.2, 0.25) is 0 Å². The summed E-state index contributed by atoms with van der Waals surface area (Å²) in [5, 5.41) is 2.81. The Morgan fingerprint density at radius 1 is 1.12 bits per heavy atom. The van der Waals surface area contributed by atoms with Gasteiger partial charge in [-0.15, -0.1) is 0 Å². The maximum absolute atomic E-state index is 12.1. The first-order chi connectivity index (χ1) is 11.4. The third-order valence-electron chi connectivity index (χ3n) is 3.56. The molecule has 2 amide bonds. The van der Waals surface area contributed by atoms with E-state index in [4.69, 9.17) is 15.2 Å². The molecule has 0 aromatic heterocycles. The van der Waals surface area contributed by atoms with Crippen LogP contribution in [0.5, 0.6) is 11.5 Å². The number of anilines is 1. The second-order valence-electron chi connectivity index (χ2n) is 5.33. The predicted octanol–water partition coefficient (Wildman–Crippen LogP) is 2.43. The van der Waals surface area contributed by atoms with Gasteiger partial charge in [-0.05, 0) is 37.1 Å². The maximum Gasteiger partial charge on any atom is 0.262 e. The first-order valence-electron chi connectivity index (χ1n) is 7.39. The number of hydrogen-bond acceptors (Lipinski definition) is 4. The zero-order chi connectivity index (χ0) is 17.7. The van der Waals surface area contributed by atoms with Gasteiger partial charge in [0, 0.05) is 11.8 Å². The zero-order valence-corrected chi connectivity index (χ0v) is 13.9. The Balaban J connectivity index is 2.10. The first-order valence-corrected chi connectivity index (χ1v) is 7.39. The Kier molecular flexibility index (Phi) is 5.42. The van der Waals surface area contributed by atoms with E-state index in [1.807, 2.05) is 32.0 Å². The van der Waals surface area contributed by atoms with E-state index < -0.39 is 5.91 Å². The van der Waals surface area contributed by atoms with Crippen molar-refractivity contribution in [2.45, 2.75) is 13.8 Å². The molecular formula is C18H20N2O4. The fourth-order valence-corrected chi connectivity index (χ4v) is 2.28. The lowest BCUT2D eigenvalue weighted by Crippen LogP contribution is -2.22. The number of carbonyl (C=O) groups is 2. The molecule has 0 saturated carbocycles. The van der Waals surface area contributed by atoms with Crippen LogP contribution in [0.4, 0.5) is 5.69 Å². The predicted molar refractivity (Wildman–Crippen MR) is 91.6 cm³/mol. The number of primary amides is 1. The van der Waals surface area contributed by atoms with Crippen molar-refractivity contribution in [3.05, 3.63) is 53.1 Å². The third kappa shape index (κ3) is 4.04. The molecule has 24 heavy (non-hydrogen) atoms. The highest BCUT2D eigenvalue weighted by molar-refractivity contribution is 5.96. The van der Waals surface area contributed by atoms with Gasteiger partial charge in [0.15, 0.2) is 6.61 Å². The molecular weight excluding hydrogens is 308 g/mol. The van der Waals surface area contributed by atoms with Crippen LogP contribution in [-0.2, 0) is 4.79 Å². The summed E-state index contributed by atoms with van der Waals surface area (Å²) in [7, 11) is 1.50. The van der Waals surface area contributed by atoms with Crippen LogP contribution in [0, 0.1) is 13.8 Å². The summed E-state index contributed by atoms with van der Waals surface area (Å²) in [6.07, 6.45) is 0. The van der Waals surface area contributed by atoms with Crippen LogP contribution in [0.25, 0.3) is 0 Å². The van der Waals surface area contributed by atoms with Crippen LogP contribution in [0.15, 0.2) is 36.4 Å². The number of methoxy groups -OCH3 is 1. The molecule has 0 fully saturated rings. The molecule has 0 heterocycles. The molecule has 0 aliphatic carbocycles. The normalized spacial score (nSPS) is 10.1. The molecule has 0 spiro atoms. The van der Waals surface area contributed by atoms with Crippen molar-refractivity contribution in [2.24, 2.45) is 5.73 Å². The van der Waals surface area contributed by atoms with E-state index >= 15 is 0 Å². The van der Waals surface area contributed by atoms with Crippen LogP contribution < -0.4 is 20.5 Å². The highest BCUT2D eigenvalue weighted by Gasteiger charge is 2.13. The molecule has 0 radical (unpaired) electrons. The van der Waals surface area contributed by atoms with Crippen molar-refractivity contribution in [3.63, 3.8) is 0 Å². The number of rotatable bonds is 6. The summed E-state index contributed by atoms with van der Waals surface area (Å²) >= 11 is 0. The van der Waals surface area contributed by atoms with Crippen molar-refractivity contribution in [2.75, 3.05) is 19.0 Å². The van der Waals surface area contributed by atoms with E-state index in [9.17, 15) is 9.59 Å². The molecule has 6 heteroatoms. The molecule has 6 nitrogen and oxygen atoms in total. The Labute approximate surface area is 140 Å². The SMILES string of the molecule is COc1ccc(C(N)=O)c(OCC(=O)Nc2c(C)cccc2C)c1. The van der Waals surface area contributed by atoms with Crippen LogP contribution in [-0.4, -0.2) is 25.5 Å². The molecule has 0 aliphatic rings. The summed E-state index contributed by atoms with van der Waals surface area (Å²) < 4.78 is 10.6. The van der Waals surface area contributed by atoms with Gasteiger partial charge in [-0.1, -0.05) is 18.2 Å². The van der Waals surface area contributed by atoms with E-state index in [-0.39, 0.29) is 23.8 Å².